The van der Waals surface area contributed by atoms with Crippen LogP contribution in [-0.2, 0) is 10.3 Å². The number of piperazine rings is 1. The Balaban J connectivity index is 2.44. The molecule has 0 bridgehead atoms. The van der Waals surface area contributed by atoms with Crippen LogP contribution in [0.5, 0.6) is 0 Å². The van der Waals surface area contributed by atoms with E-state index in [-0.39, 0.29) is 5.56 Å². The minimum absolute atomic E-state index is 0.130. The van der Waals surface area contributed by atoms with Crippen LogP contribution in [0.1, 0.15) is 12.5 Å². The van der Waals surface area contributed by atoms with E-state index in [0.29, 0.717) is 26.2 Å². The summed E-state index contributed by atoms with van der Waals surface area (Å²) in [6.07, 6.45) is 0. The normalized spacial score (nSPS) is 20.6. The number of halogens is 2. The monoisotopic (exact) mass is 284 g/mol. The second-order valence-electron chi connectivity index (χ2n) is 5.27. The van der Waals surface area contributed by atoms with Crippen LogP contribution in [0.2, 0.25) is 0 Å². The van der Waals surface area contributed by atoms with Crippen LogP contribution in [0.15, 0.2) is 18.2 Å². The maximum absolute atomic E-state index is 14.0. The molecule has 0 saturated carbocycles. The largest absolute Gasteiger partial charge is 0.480 e. The van der Waals surface area contributed by atoms with Crippen molar-refractivity contribution in [1.29, 1.82) is 0 Å². The molecule has 0 aromatic heterocycles. The third-order valence-corrected chi connectivity index (χ3v) is 4.03. The van der Waals surface area contributed by atoms with Gasteiger partial charge in [-0.2, -0.15) is 0 Å². The summed E-state index contributed by atoms with van der Waals surface area (Å²) in [5, 5.41) is 9.58. The number of hydrogen-bond donors (Lipinski definition) is 1. The number of carboxylic acid groups (broad SMARTS) is 1. The van der Waals surface area contributed by atoms with Crippen LogP contribution >= 0.6 is 0 Å². The molecular weight excluding hydrogens is 266 g/mol. The lowest BCUT2D eigenvalue weighted by atomic mass is 9.88. The lowest BCUT2D eigenvalue weighted by molar-refractivity contribution is -0.153. The molecule has 1 aliphatic heterocycles. The first-order valence-electron chi connectivity index (χ1n) is 6.49. The molecule has 1 saturated heterocycles. The zero-order valence-electron chi connectivity index (χ0n) is 11.6. The van der Waals surface area contributed by atoms with Crippen LogP contribution in [0, 0.1) is 11.6 Å². The molecule has 1 heterocycles. The van der Waals surface area contributed by atoms with E-state index in [9.17, 15) is 18.7 Å². The third-order valence-electron chi connectivity index (χ3n) is 4.03. The van der Waals surface area contributed by atoms with Crippen molar-refractivity contribution in [2.24, 2.45) is 0 Å². The number of hydrogen-bond acceptors (Lipinski definition) is 3. The summed E-state index contributed by atoms with van der Waals surface area (Å²) in [5.74, 6) is -3.29. The zero-order valence-corrected chi connectivity index (χ0v) is 11.6. The maximum atomic E-state index is 14.0. The Morgan fingerprint density at radius 1 is 1.25 bits per heavy atom. The lowest BCUT2D eigenvalue weighted by Crippen LogP contribution is -2.57. The lowest BCUT2D eigenvalue weighted by Gasteiger charge is -2.42. The Hall–Kier alpha value is -1.53. The molecule has 2 rings (SSSR count). The summed E-state index contributed by atoms with van der Waals surface area (Å²) in [6, 6.07) is 3.67. The van der Waals surface area contributed by atoms with Gasteiger partial charge in [-0.3, -0.25) is 4.90 Å². The molecule has 0 spiro atoms. The summed E-state index contributed by atoms with van der Waals surface area (Å²) >= 11 is 0. The fraction of sp³-hybridized carbons (Fsp3) is 0.500. The highest BCUT2D eigenvalue weighted by Crippen LogP contribution is 2.32. The Morgan fingerprint density at radius 3 is 2.40 bits per heavy atom. The minimum atomic E-state index is -1.56. The molecule has 0 amide bonds. The predicted molar refractivity (Wildman–Crippen MR) is 70.4 cm³/mol. The van der Waals surface area contributed by atoms with Gasteiger partial charge < -0.3 is 10.0 Å². The van der Waals surface area contributed by atoms with Crippen LogP contribution in [0.25, 0.3) is 0 Å². The van der Waals surface area contributed by atoms with E-state index in [1.54, 1.807) is 4.90 Å². The van der Waals surface area contributed by atoms with Crippen LogP contribution < -0.4 is 0 Å². The van der Waals surface area contributed by atoms with E-state index < -0.39 is 23.1 Å². The number of likely N-dealkylation sites (N-methyl/N-ethyl adjacent to an activating group) is 1. The van der Waals surface area contributed by atoms with Crippen LogP contribution in [0.4, 0.5) is 8.78 Å². The van der Waals surface area contributed by atoms with E-state index >= 15 is 0 Å². The molecule has 0 radical (unpaired) electrons. The molecular formula is C14H18F2N2O2. The standard InChI is InChI=1S/C14H18F2N2O2/c1-14(13(19)20,18-8-6-17(2)7-9-18)10-4-3-5-11(15)12(10)16/h3-5H,6-9H2,1-2H3,(H,19,20). The molecule has 0 aliphatic carbocycles. The summed E-state index contributed by atoms with van der Waals surface area (Å²) in [6.45, 7) is 3.81. The molecule has 1 aromatic rings. The fourth-order valence-electron chi connectivity index (χ4n) is 2.55. The summed E-state index contributed by atoms with van der Waals surface area (Å²) < 4.78 is 27.4. The Labute approximate surface area is 116 Å². The topological polar surface area (TPSA) is 43.8 Å². The molecule has 1 aromatic carbocycles. The van der Waals surface area contributed by atoms with Crippen molar-refractivity contribution in [1.82, 2.24) is 9.80 Å². The number of carbonyl (C=O) groups is 1. The second kappa shape index (κ2) is 5.46. The molecule has 1 aliphatic rings. The van der Waals surface area contributed by atoms with Crippen LogP contribution in [-0.4, -0.2) is 54.1 Å². The fourth-order valence-corrected chi connectivity index (χ4v) is 2.55. The molecule has 1 fully saturated rings. The smallest absolute Gasteiger partial charge is 0.328 e. The quantitative estimate of drug-likeness (QED) is 0.914. The van der Waals surface area contributed by atoms with Crippen molar-refractivity contribution < 1.29 is 18.7 Å². The Kier molecular flexibility index (Phi) is 4.06. The summed E-state index contributed by atoms with van der Waals surface area (Å²) in [4.78, 5) is 15.5. The highest BCUT2D eigenvalue weighted by Gasteiger charge is 2.44. The molecule has 4 nitrogen and oxygen atoms in total. The van der Waals surface area contributed by atoms with E-state index in [0.717, 1.165) is 6.07 Å². The van der Waals surface area contributed by atoms with Crippen molar-refractivity contribution in [2.45, 2.75) is 12.5 Å². The number of rotatable bonds is 3. The van der Waals surface area contributed by atoms with E-state index in [1.165, 1.54) is 19.1 Å². The molecule has 1 N–H and O–H groups in total. The van der Waals surface area contributed by atoms with Gasteiger partial charge in [-0.05, 0) is 20.0 Å². The third kappa shape index (κ3) is 2.41. The number of aliphatic carboxylic acids is 1. The molecule has 1 unspecified atom stereocenters. The van der Waals surface area contributed by atoms with Gasteiger partial charge in [-0.15, -0.1) is 0 Å². The van der Waals surface area contributed by atoms with Gasteiger partial charge in [0, 0.05) is 31.7 Å². The van der Waals surface area contributed by atoms with Crippen molar-refractivity contribution in [3.8, 4) is 0 Å². The van der Waals surface area contributed by atoms with Gasteiger partial charge in [0.1, 0.15) is 5.54 Å². The van der Waals surface area contributed by atoms with Crippen molar-refractivity contribution in [2.75, 3.05) is 33.2 Å². The van der Waals surface area contributed by atoms with Gasteiger partial charge in [0.05, 0.1) is 0 Å². The van der Waals surface area contributed by atoms with Gasteiger partial charge in [0.2, 0.25) is 0 Å². The zero-order chi connectivity index (χ0) is 14.9. The maximum Gasteiger partial charge on any atom is 0.328 e. The van der Waals surface area contributed by atoms with E-state index in [2.05, 4.69) is 4.90 Å². The van der Waals surface area contributed by atoms with E-state index in [4.69, 9.17) is 0 Å². The second-order valence-corrected chi connectivity index (χ2v) is 5.27. The SMILES string of the molecule is CN1CCN(C(C)(C(=O)O)c2cccc(F)c2F)CC1. The van der Waals surface area contributed by atoms with E-state index in [1.807, 2.05) is 7.05 Å². The first kappa shape index (κ1) is 14.9. The van der Waals surface area contributed by atoms with Gasteiger partial charge in [0.15, 0.2) is 11.6 Å². The van der Waals surface area contributed by atoms with Crippen molar-refractivity contribution in [3.05, 3.63) is 35.4 Å². The Bertz CT molecular complexity index is 516. The first-order valence-corrected chi connectivity index (χ1v) is 6.49. The predicted octanol–water partition coefficient (Wildman–Crippen LogP) is 1.51. The number of benzene rings is 1. The van der Waals surface area contributed by atoms with Crippen molar-refractivity contribution >= 4 is 5.97 Å². The number of nitrogens with zero attached hydrogens (tertiary/aromatic N) is 2. The van der Waals surface area contributed by atoms with Gasteiger partial charge in [-0.25, -0.2) is 13.6 Å². The average Bonchev–Trinajstić information content (AvgIpc) is 2.41. The number of carboxylic acids is 1. The minimum Gasteiger partial charge on any atom is -0.480 e. The Morgan fingerprint density at radius 2 is 1.85 bits per heavy atom. The highest BCUT2D eigenvalue weighted by atomic mass is 19.2. The molecule has 1 atom stereocenters. The van der Waals surface area contributed by atoms with Gasteiger partial charge in [0.25, 0.3) is 0 Å². The molecule has 110 valence electrons. The summed E-state index contributed by atoms with van der Waals surface area (Å²) in [5.41, 5.74) is -1.69. The van der Waals surface area contributed by atoms with Gasteiger partial charge >= 0.3 is 5.97 Å². The van der Waals surface area contributed by atoms with Crippen LogP contribution in [0.3, 0.4) is 0 Å². The average molecular weight is 284 g/mol. The summed E-state index contributed by atoms with van der Waals surface area (Å²) in [7, 11) is 1.94. The van der Waals surface area contributed by atoms with Gasteiger partial charge in [-0.1, -0.05) is 12.1 Å². The van der Waals surface area contributed by atoms with Crippen molar-refractivity contribution in [3.63, 3.8) is 0 Å². The molecule has 6 heteroatoms. The molecule has 20 heavy (non-hydrogen) atoms. The highest BCUT2D eigenvalue weighted by molar-refractivity contribution is 5.80. The first-order chi connectivity index (χ1) is 9.37.